The Hall–Kier alpha value is -4.19. The molecule has 6 nitrogen and oxygen atoms in total. The molecule has 4 aromatic rings. The molecule has 1 atom stereocenters. The first-order chi connectivity index (χ1) is 16.0. The van der Waals surface area contributed by atoms with Gasteiger partial charge in [-0.15, -0.1) is 0 Å². The van der Waals surface area contributed by atoms with Crippen molar-refractivity contribution in [2.24, 2.45) is 0 Å². The van der Waals surface area contributed by atoms with E-state index in [0.717, 1.165) is 11.1 Å². The minimum Gasteiger partial charge on any atom is -0.497 e. The van der Waals surface area contributed by atoms with Crippen LogP contribution in [0.3, 0.4) is 0 Å². The van der Waals surface area contributed by atoms with Gasteiger partial charge in [0.2, 0.25) is 5.88 Å². The molecule has 1 amide bonds. The molecule has 0 spiro atoms. The highest BCUT2D eigenvalue weighted by molar-refractivity contribution is 5.94. The second-order valence-electron chi connectivity index (χ2n) is 7.68. The van der Waals surface area contributed by atoms with E-state index in [1.165, 1.54) is 5.56 Å². The Kier molecular flexibility index (Phi) is 6.64. The van der Waals surface area contributed by atoms with Crippen LogP contribution in [0.15, 0.2) is 85.1 Å². The van der Waals surface area contributed by atoms with Crippen LogP contribution in [-0.2, 0) is 0 Å². The molecule has 6 heteroatoms. The third kappa shape index (κ3) is 5.54. The molecule has 1 N–H and O–H groups in total. The SMILES string of the molecule is COc1cccc(Oc2ccnc(-c3ccc(C(=O)N[C@H](C)c4ccc(C)cc4)cc3)n2)c1. The number of methoxy groups -OCH3 is 1. The normalized spacial score (nSPS) is 11.5. The molecule has 166 valence electrons. The van der Waals surface area contributed by atoms with Gasteiger partial charge in [-0.1, -0.05) is 48.0 Å². The molecule has 0 saturated heterocycles. The van der Waals surface area contributed by atoms with Crippen LogP contribution in [-0.4, -0.2) is 23.0 Å². The lowest BCUT2D eigenvalue weighted by molar-refractivity contribution is 0.0940. The van der Waals surface area contributed by atoms with Crippen molar-refractivity contribution in [3.05, 3.63) is 102 Å². The predicted molar refractivity (Wildman–Crippen MR) is 128 cm³/mol. The van der Waals surface area contributed by atoms with Gasteiger partial charge in [-0.05, 0) is 43.7 Å². The summed E-state index contributed by atoms with van der Waals surface area (Å²) >= 11 is 0. The van der Waals surface area contributed by atoms with Crippen molar-refractivity contribution in [1.29, 1.82) is 0 Å². The zero-order chi connectivity index (χ0) is 23.2. The molecule has 0 saturated carbocycles. The fourth-order valence-electron chi connectivity index (χ4n) is 3.31. The zero-order valence-electron chi connectivity index (χ0n) is 18.8. The van der Waals surface area contributed by atoms with E-state index in [0.29, 0.717) is 28.8 Å². The fraction of sp³-hybridized carbons (Fsp3) is 0.148. The molecule has 0 unspecified atom stereocenters. The molecule has 1 heterocycles. The van der Waals surface area contributed by atoms with Crippen LogP contribution in [0, 0.1) is 6.92 Å². The number of hydrogen-bond donors (Lipinski definition) is 1. The van der Waals surface area contributed by atoms with Gasteiger partial charge >= 0.3 is 0 Å². The van der Waals surface area contributed by atoms with Crippen LogP contribution in [0.1, 0.15) is 34.5 Å². The third-order valence-electron chi connectivity index (χ3n) is 5.22. The molecule has 0 fully saturated rings. The number of benzene rings is 3. The van der Waals surface area contributed by atoms with Gasteiger partial charge in [0.25, 0.3) is 5.91 Å². The molecule has 0 bridgehead atoms. The molecule has 33 heavy (non-hydrogen) atoms. The van der Waals surface area contributed by atoms with Crippen LogP contribution in [0.2, 0.25) is 0 Å². The maximum absolute atomic E-state index is 12.7. The van der Waals surface area contributed by atoms with Crippen LogP contribution < -0.4 is 14.8 Å². The maximum atomic E-state index is 12.7. The Morgan fingerprint density at radius 3 is 2.39 bits per heavy atom. The third-order valence-corrected chi connectivity index (χ3v) is 5.22. The lowest BCUT2D eigenvalue weighted by atomic mass is 10.1. The Balaban J connectivity index is 1.44. The predicted octanol–water partition coefficient (Wildman–Crippen LogP) is 5.74. The minimum absolute atomic E-state index is 0.0912. The fourth-order valence-corrected chi connectivity index (χ4v) is 3.31. The molecule has 4 rings (SSSR count). The smallest absolute Gasteiger partial charge is 0.251 e. The monoisotopic (exact) mass is 439 g/mol. The number of nitrogens with one attached hydrogen (secondary N) is 1. The van der Waals surface area contributed by atoms with E-state index in [9.17, 15) is 4.79 Å². The number of nitrogens with zero attached hydrogens (tertiary/aromatic N) is 2. The van der Waals surface area contributed by atoms with Crippen molar-refractivity contribution in [2.75, 3.05) is 7.11 Å². The summed E-state index contributed by atoms with van der Waals surface area (Å²) < 4.78 is 11.1. The summed E-state index contributed by atoms with van der Waals surface area (Å²) in [6, 6.07) is 24.2. The number of aromatic nitrogens is 2. The summed E-state index contributed by atoms with van der Waals surface area (Å²) in [5.41, 5.74) is 3.61. The highest BCUT2D eigenvalue weighted by Gasteiger charge is 2.12. The van der Waals surface area contributed by atoms with Crippen molar-refractivity contribution < 1.29 is 14.3 Å². The zero-order valence-corrected chi connectivity index (χ0v) is 18.8. The Morgan fingerprint density at radius 2 is 1.67 bits per heavy atom. The van der Waals surface area contributed by atoms with E-state index in [-0.39, 0.29) is 11.9 Å². The van der Waals surface area contributed by atoms with Gasteiger partial charge in [-0.25, -0.2) is 4.98 Å². The topological polar surface area (TPSA) is 73.3 Å². The highest BCUT2D eigenvalue weighted by atomic mass is 16.5. The quantitative estimate of drug-likeness (QED) is 0.397. The molecule has 3 aromatic carbocycles. The van der Waals surface area contributed by atoms with Crippen molar-refractivity contribution >= 4 is 5.91 Å². The van der Waals surface area contributed by atoms with Crippen molar-refractivity contribution in [3.63, 3.8) is 0 Å². The molecular weight excluding hydrogens is 414 g/mol. The molecule has 0 radical (unpaired) electrons. The molecular formula is C27H25N3O3. The van der Waals surface area contributed by atoms with Crippen LogP contribution in [0.5, 0.6) is 17.4 Å². The number of carbonyl (C=O) groups is 1. The van der Waals surface area contributed by atoms with Gasteiger partial charge in [-0.2, -0.15) is 4.98 Å². The van der Waals surface area contributed by atoms with Crippen LogP contribution in [0.25, 0.3) is 11.4 Å². The molecule has 0 aliphatic heterocycles. The second-order valence-corrected chi connectivity index (χ2v) is 7.68. The number of amides is 1. The van der Waals surface area contributed by atoms with Crippen molar-refractivity contribution in [3.8, 4) is 28.8 Å². The number of rotatable bonds is 7. The molecule has 0 aliphatic carbocycles. The van der Waals surface area contributed by atoms with E-state index in [1.807, 2.05) is 68.4 Å². The first kappa shape index (κ1) is 22.0. The van der Waals surface area contributed by atoms with E-state index in [2.05, 4.69) is 15.3 Å². The number of carbonyl (C=O) groups excluding carboxylic acids is 1. The van der Waals surface area contributed by atoms with Gasteiger partial charge in [0.05, 0.1) is 13.2 Å². The Labute approximate surface area is 193 Å². The first-order valence-corrected chi connectivity index (χ1v) is 10.6. The standard InChI is InChI=1S/C27H25N3O3/c1-18-7-9-20(10-8-18)19(2)29-27(31)22-13-11-21(12-14-22)26-28-16-15-25(30-26)33-24-6-4-5-23(17-24)32-3/h4-17,19H,1-3H3,(H,29,31)/t19-/m1/s1. The summed E-state index contributed by atoms with van der Waals surface area (Å²) in [6.45, 7) is 4.01. The maximum Gasteiger partial charge on any atom is 0.251 e. The Morgan fingerprint density at radius 1 is 0.939 bits per heavy atom. The molecule has 1 aromatic heterocycles. The van der Waals surface area contributed by atoms with E-state index >= 15 is 0 Å². The summed E-state index contributed by atoms with van der Waals surface area (Å²) in [4.78, 5) is 21.5. The lowest BCUT2D eigenvalue weighted by Gasteiger charge is -2.15. The van der Waals surface area contributed by atoms with Gasteiger partial charge in [-0.3, -0.25) is 4.79 Å². The average molecular weight is 440 g/mol. The highest BCUT2D eigenvalue weighted by Crippen LogP contribution is 2.25. The van der Waals surface area contributed by atoms with Crippen molar-refractivity contribution in [1.82, 2.24) is 15.3 Å². The van der Waals surface area contributed by atoms with Gasteiger partial charge in [0, 0.05) is 29.5 Å². The number of aryl methyl sites for hydroxylation is 1. The van der Waals surface area contributed by atoms with E-state index in [1.54, 1.807) is 37.6 Å². The number of ether oxygens (including phenoxy) is 2. The second kappa shape index (κ2) is 9.96. The minimum atomic E-state index is -0.134. The van der Waals surface area contributed by atoms with Gasteiger partial charge in [0.15, 0.2) is 5.82 Å². The number of hydrogen-bond acceptors (Lipinski definition) is 5. The molecule has 0 aliphatic rings. The Bertz CT molecular complexity index is 1240. The van der Waals surface area contributed by atoms with Gasteiger partial charge < -0.3 is 14.8 Å². The summed E-state index contributed by atoms with van der Waals surface area (Å²) in [6.07, 6.45) is 1.64. The first-order valence-electron chi connectivity index (χ1n) is 10.6. The van der Waals surface area contributed by atoms with Crippen molar-refractivity contribution in [2.45, 2.75) is 19.9 Å². The lowest BCUT2D eigenvalue weighted by Crippen LogP contribution is -2.26. The van der Waals surface area contributed by atoms with E-state index in [4.69, 9.17) is 9.47 Å². The van der Waals surface area contributed by atoms with Crippen LogP contribution in [0.4, 0.5) is 0 Å². The summed E-state index contributed by atoms with van der Waals surface area (Å²) in [5, 5.41) is 3.04. The summed E-state index contributed by atoms with van der Waals surface area (Å²) in [7, 11) is 1.61. The van der Waals surface area contributed by atoms with Crippen LogP contribution >= 0.6 is 0 Å². The largest absolute Gasteiger partial charge is 0.497 e. The van der Waals surface area contributed by atoms with Gasteiger partial charge in [0.1, 0.15) is 11.5 Å². The average Bonchev–Trinajstić information content (AvgIpc) is 2.85. The summed E-state index contributed by atoms with van der Waals surface area (Å²) in [5.74, 6) is 2.11. The van der Waals surface area contributed by atoms with E-state index < -0.39 is 0 Å².